The zero-order valence-corrected chi connectivity index (χ0v) is 18.9. The van der Waals surface area contributed by atoms with E-state index >= 15 is 0 Å². The van der Waals surface area contributed by atoms with Gasteiger partial charge < -0.3 is 30.4 Å². The molecule has 0 spiro atoms. The van der Waals surface area contributed by atoms with Crippen molar-refractivity contribution in [3.8, 4) is 0 Å². The molecule has 2 unspecified atom stereocenters. The number of carbonyl (C=O) groups excluding carboxylic acids is 4. The standard InChI is InChI=1S/C22H32N2O8/c1-5-29-19(25)15(20(26)30-6-2)17(23)13-11-9-10-12-14(13)18(24)16(21(27)31-7-3)22(28)32-8-4/h9-12,15-18H,5-8,23-24H2,1-4H3. The molecule has 1 aromatic rings. The summed E-state index contributed by atoms with van der Waals surface area (Å²) in [6.45, 7) is 6.54. The summed E-state index contributed by atoms with van der Waals surface area (Å²) in [5.41, 5.74) is 13.2. The first-order valence-electron chi connectivity index (χ1n) is 10.5. The van der Waals surface area contributed by atoms with Gasteiger partial charge in [-0.05, 0) is 38.8 Å². The van der Waals surface area contributed by atoms with Gasteiger partial charge in [-0.2, -0.15) is 0 Å². The fourth-order valence-electron chi connectivity index (χ4n) is 3.18. The van der Waals surface area contributed by atoms with Crippen molar-refractivity contribution >= 4 is 23.9 Å². The number of ether oxygens (including phenoxy) is 4. The molecule has 0 bridgehead atoms. The molecule has 2 atom stereocenters. The summed E-state index contributed by atoms with van der Waals surface area (Å²) in [7, 11) is 0. The van der Waals surface area contributed by atoms with Crippen molar-refractivity contribution in [2.75, 3.05) is 26.4 Å². The summed E-state index contributed by atoms with van der Waals surface area (Å²) in [6.07, 6.45) is 0. The molecule has 4 N–H and O–H groups in total. The van der Waals surface area contributed by atoms with Gasteiger partial charge in [0.1, 0.15) is 0 Å². The number of benzene rings is 1. The Labute approximate surface area is 187 Å². The quantitative estimate of drug-likeness (QED) is 0.268. The van der Waals surface area contributed by atoms with Crippen molar-refractivity contribution < 1.29 is 38.1 Å². The van der Waals surface area contributed by atoms with Crippen LogP contribution in [-0.4, -0.2) is 50.3 Å². The first-order valence-corrected chi connectivity index (χ1v) is 10.5. The molecule has 0 fully saturated rings. The minimum atomic E-state index is -1.47. The molecule has 0 radical (unpaired) electrons. The van der Waals surface area contributed by atoms with Crippen LogP contribution in [0.3, 0.4) is 0 Å². The fourth-order valence-corrected chi connectivity index (χ4v) is 3.18. The molecule has 0 amide bonds. The normalized spacial score (nSPS) is 12.8. The van der Waals surface area contributed by atoms with Gasteiger partial charge >= 0.3 is 23.9 Å². The van der Waals surface area contributed by atoms with Crippen LogP contribution in [0.25, 0.3) is 0 Å². The molecule has 32 heavy (non-hydrogen) atoms. The zero-order valence-electron chi connectivity index (χ0n) is 18.9. The van der Waals surface area contributed by atoms with Crippen LogP contribution >= 0.6 is 0 Å². The Morgan fingerprint density at radius 2 is 0.875 bits per heavy atom. The van der Waals surface area contributed by atoms with Gasteiger partial charge in [-0.25, -0.2) is 0 Å². The maximum absolute atomic E-state index is 12.5. The third-order valence-corrected chi connectivity index (χ3v) is 4.59. The molecular weight excluding hydrogens is 420 g/mol. The Morgan fingerprint density at radius 1 is 0.625 bits per heavy atom. The molecule has 0 heterocycles. The molecule has 0 aliphatic heterocycles. The van der Waals surface area contributed by atoms with Crippen molar-refractivity contribution in [3.63, 3.8) is 0 Å². The van der Waals surface area contributed by atoms with E-state index in [4.69, 9.17) is 30.4 Å². The molecule has 0 aliphatic rings. The highest BCUT2D eigenvalue weighted by atomic mass is 16.6. The summed E-state index contributed by atoms with van der Waals surface area (Å²) in [5, 5.41) is 0. The highest BCUT2D eigenvalue weighted by molar-refractivity contribution is 5.97. The summed E-state index contributed by atoms with van der Waals surface area (Å²) in [5.74, 6) is -6.34. The van der Waals surface area contributed by atoms with Crippen molar-refractivity contribution in [1.29, 1.82) is 0 Å². The van der Waals surface area contributed by atoms with Crippen LogP contribution < -0.4 is 11.5 Å². The topological polar surface area (TPSA) is 157 Å². The Balaban J connectivity index is 3.46. The second-order valence-electron chi connectivity index (χ2n) is 6.64. The van der Waals surface area contributed by atoms with Gasteiger partial charge in [0.25, 0.3) is 0 Å². The van der Waals surface area contributed by atoms with E-state index in [0.717, 1.165) is 0 Å². The van der Waals surface area contributed by atoms with Gasteiger partial charge in [0.15, 0.2) is 11.8 Å². The van der Waals surface area contributed by atoms with E-state index in [0.29, 0.717) is 0 Å². The third kappa shape index (κ3) is 6.76. The van der Waals surface area contributed by atoms with E-state index in [2.05, 4.69) is 0 Å². The molecule has 0 aliphatic carbocycles. The minimum Gasteiger partial charge on any atom is -0.465 e. The van der Waals surface area contributed by atoms with Crippen LogP contribution in [0.15, 0.2) is 24.3 Å². The van der Waals surface area contributed by atoms with E-state index in [1.807, 2.05) is 0 Å². The molecule has 10 nitrogen and oxygen atoms in total. The van der Waals surface area contributed by atoms with Crippen molar-refractivity contribution in [3.05, 3.63) is 35.4 Å². The second-order valence-corrected chi connectivity index (χ2v) is 6.64. The van der Waals surface area contributed by atoms with Gasteiger partial charge in [0, 0.05) is 0 Å². The largest absolute Gasteiger partial charge is 0.465 e. The van der Waals surface area contributed by atoms with Crippen LogP contribution in [-0.2, 0) is 38.1 Å². The molecule has 0 saturated carbocycles. The monoisotopic (exact) mass is 452 g/mol. The lowest BCUT2D eigenvalue weighted by Crippen LogP contribution is -2.40. The predicted octanol–water partition coefficient (Wildman–Crippen LogP) is 1.17. The van der Waals surface area contributed by atoms with Gasteiger partial charge in [-0.1, -0.05) is 24.3 Å². The highest BCUT2D eigenvalue weighted by Crippen LogP contribution is 2.32. The molecule has 178 valence electrons. The first kappa shape index (κ1) is 27.1. The van der Waals surface area contributed by atoms with E-state index in [1.54, 1.807) is 52.0 Å². The maximum Gasteiger partial charge on any atom is 0.322 e. The lowest BCUT2D eigenvalue weighted by Gasteiger charge is -2.27. The predicted molar refractivity (Wildman–Crippen MR) is 114 cm³/mol. The molecule has 1 aromatic carbocycles. The van der Waals surface area contributed by atoms with Crippen LogP contribution in [0, 0.1) is 11.8 Å². The van der Waals surface area contributed by atoms with E-state index < -0.39 is 47.8 Å². The summed E-state index contributed by atoms with van der Waals surface area (Å²) >= 11 is 0. The molecule has 1 rings (SSSR count). The lowest BCUT2D eigenvalue weighted by atomic mass is 9.84. The Bertz CT molecular complexity index is 697. The lowest BCUT2D eigenvalue weighted by molar-refractivity contribution is -0.165. The Hall–Kier alpha value is -2.98. The van der Waals surface area contributed by atoms with Crippen molar-refractivity contribution in [1.82, 2.24) is 0 Å². The van der Waals surface area contributed by atoms with Crippen LogP contribution in [0.2, 0.25) is 0 Å². The average molecular weight is 453 g/mol. The zero-order chi connectivity index (χ0) is 24.3. The fraction of sp³-hybridized carbons (Fsp3) is 0.545. The van der Waals surface area contributed by atoms with Crippen LogP contribution in [0.5, 0.6) is 0 Å². The van der Waals surface area contributed by atoms with Gasteiger partial charge in [0.05, 0.1) is 38.5 Å². The SMILES string of the molecule is CCOC(=O)C(C(=O)OCC)C(N)c1ccccc1C(N)C(C(=O)OCC)C(=O)OCC. The van der Waals surface area contributed by atoms with E-state index in [1.165, 1.54) is 0 Å². The third-order valence-electron chi connectivity index (χ3n) is 4.59. The van der Waals surface area contributed by atoms with Gasteiger partial charge in [-0.3, -0.25) is 19.2 Å². The minimum absolute atomic E-state index is 0.0381. The summed E-state index contributed by atoms with van der Waals surface area (Å²) in [4.78, 5) is 50.0. The van der Waals surface area contributed by atoms with E-state index in [9.17, 15) is 19.2 Å². The van der Waals surface area contributed by atoms with E-state index in [-0.39, 0.29) is 37.6 Å². The molecule has 10 heteroatoms. The number of nitrogens with two attached hydrogens (primary N) is 2. The maximum atomic E-state index is 12.5. The molecule has 0 aromatic heterocycles. The Morgan fingerprint density at radius 3 is 1.09 bits per heavy atom. The average Bonchev–Trinajstić information content (AvgIpc) is 2.74. The number of hydrogen-bond donors (Lipinski definition) is 2. The Kier molecular flexibility index (Phi) is 11.4. The number of hydrogen-bond acceptors (Lipinski definition) is 10. The summed E-state index contributed by atoms with van der Waals surface area (Å²) in [6, 6.07) is 3.95. The van der Waals surface area contributed by atoms with Crippen LogP contribution in [0.1, 0.15) is 50.9 Å². The summed E-state index contributed by atoms with van der Waals surface area (Å²) < 4.78 is 20.0. The molecule has 0 saturated heterocycles. The first-order chi connectivity index (χ1) is 15.2. The van der Waals surface area contributed by atoms with Crippen molar-refractivity contribution in [2.45, 2.75) is 39.8 Å². The highest BCUT2D eigenvalue weighted by Gasteiger charge is 2.41. The van der Waals surface area contributed by atoms with Gasteiger partial charge in [0.2, 0.25) is 0 Å². The number of rotatable bonds is 12. The van der Waals surface area contributed by atoms with Crippen molar-refractivity contribution in [2.24, 2.45) is 23.3 Å². The number of esters is 4. The van der Waals surface area contributed by atoms with Gasteiger partial charge in [-0.15, -0.1) is 0 Å². The smallest absolute Gasteiger partial charge is 0.322 e. The number of carbonyl (C=O) groups is 4. The van der Waals surface area contributed by atoms with Crippen LogP contribution in [0.4, 0.5) is 0 Å². The molecular formula is C22H32N2O8. The second kappa shape index (κ2) is 13.4.